The molecule has 1 saturated heterocycles. The fraction of sp³-hybridized carbons (Fsp3) is 0.417. The first-order valence-electron chi connectivity index (χ1n) is 5.79. The van der Waals surface area contributed by atoms with Crippen molar-refractivity contribution in [1.29, 1.82) is 0 Å². The van der Waals surface area contributed by atoms with Crippen molar-refractivity contribution in [3.63, 3.8) is 0 Å². The van der Waals surface area contributed by atoms with E-state index in [-0.39, 0.29) is 5.54 Å². The smallest absolute Gasteiger partial charge is 0.247 e. The van der Waals surface area contributed by atoms with Gasteiger partial charge in [0.2, 0.25) is 11.7 Å². The van der Waals surface area contributed by atoms with Gasteiger partial charge in [0.05, 0.1) is 5.54 Å². The van der Waals surface area contributed by atoms with E-state index in [9.17, 15) is 0 Å². The van der Waals surface area contributed by atoms with Crippen LogP contribution >= 0.6 is 0 Å². The Morgan fingerprint density at radius 2 is 2.35 bits per heavy atom. The maximum absolute atomic E-state index is 5.34. The molecule has 1 N–H and O–H groups in total. The molecule has 1 fully saturated rings. The molecule has 0 radical (unpaired) electrons. The lowest BCUT2D eigenvalue weighted by Gasteiger charge is -2.18. The third-order valence-corrected chi connectivity index (χ3v) is 3.16. The van der Waals surface area contributed by atoms with E-state index in [4.69, 9.17) is 4.52 Å². The number of rotatable bonds is 2. The number of hydrogen-bond acceptors (Lipinski definition) is 5. The van der Waals surface area contributed by atoms with Crippen molar-refractivity contribution in [2.24, 2.45) is 0 Å². The van der Waals surface area contributed by atoms with Gasteiger partial charge in [-0.2, -0.15) is 4.98 Å². The van der Waals surface area contributed by atoms with Gasteiger partial charge in [0.25, 0.3) is 0 Å². The lowest BCUT2D eigenvalue weighted by molar-refractivity contribution is 0.275. The Morgan fingerprint density at radius 3 is 3.06 bits per heavy atom. The molecule has 0 bridgehead atoms. The highest BCUT2D eigenvalue weighted by Crippen LogP contribution is 2.29. The fourth-order valence-corrected chi connectivity index (χ4v) is 2.12. The molecule has 17 heavy (non-hydrogen) atoms. The molecule has 1 atom stereocenters. The largest absolute Gasteiger partial charge is 0.337 e. The molecule has 2 aromatic heterocycles. The third-order valence-electron chi connectivity index (χ3n) is 3.16. The zero-order valence-electron chi connectivity index (χ0n) is 9.68. The van der Waals surface area contributed by atoms with E-state index < -0.39 is 0 Å². The molecule has 0 aromatic carbocycles. The molecule has 0 saturated carbocycles. The molecule has 3 heterocycles. The van der Waals surface area contributed by atoms with Crippen LogP contribution in [0.4, 0.5) is 0 Å². The average Bonchev–Trinajstić information content (AvgIpc) is 2.99. The van der Waals surface area contributed by atoms with Gasteiger partial charge in [-0.3, -0.25) is 4.98 Å². The van der Waals surface area contributed by atoms with E-state index in [2.05, 4.69) is 27.4 Å². The summed E-state index contributed by atoms with van der Waals surface area (Å²) in [5.74, 6) is 1.20. The highest BCUT2D eigenvalue weighted by atomic mass is 16.5. The van der Waals surface area contributed by atoms with Crippen molar-refractivity contribution in [3.05, 3.63) is 30.3 Å². The standard InChI is InChI=1S/C12H14N4O/c1-12(6-4-8-14-12)11-15-10(16-17-11)9-5-2-3-7-13-9/h2-3,5,7,14H,4,6,8H2,1H3. The first-order valence-corrected chi connectivity index (χ1v) is 5.79. The van der Waals surface area contributed by atoms with Crippen molar-refractivity contribution in [3.8, 4) is 11.5 Å². The molecular weight excluding hydrogens is 216 g/mol. The van der Waals surface area contributed by atoms with Crippen molar-refractivity contribution in [2.75, 3.05) is 6.54 Å². The predicted molar refractivity (Wildman–Crippen MR) is 62.1 cm³/mol. The summed E-state index contributed by atoms with van der Waals surface area (Å²) in [7, 11) is 0. The molecule has 3 rings (SSSR count). The summed E-state index contributed by atoms with van der Waals surface area (Å²) in [6.45, 7) is 3.09. The van der Waals surface area contributed by atoms with Crippen LogP contribution in [-0.4, -0.2) is 21.7 Å². The molecule has 1 aliphatic heterocycles. The molecule has 0 amide bonds. The topological polar surface area (TPSA) is 63.8 Å². The highest BCUT2D eigenvalue weighted by Gasteiger charge is 2.35. The minimum absolute atomic E-state index is 0.181. The van der Waals surface area contributed by atoms with E-state index in [0.29, 0.717) is 11.7 Å². The van der Waals surface area contributed by atoms with Crippen molar-refractivity contribution >= 4 is 0 Å². The number of nitrogens with zero attached hydrogens (tertiary/aromatic N) is 3. The summed E-state index contributed by atoms with van der Waals surface area (Å²) < 4.78 is 5.34. The van der Waals surface area contributed by atoms with E-state index in [1.165, 1.54) is 0 Å². The molecule has 0 aliphatic carbocycles. The van der Waals surface area contributed by atoms with Gasteiger partial charge in [0.1, 0.15) is 5.69 Å². The van der Waals surface area contributed by atoms with E-state index >= 15 is 0 Å². The Morgan fingerprint density at radius 1 is 1.41 bits per heavy atom. The van der Waals surface area contributed by atoms with Crippen LogP contribution in [0.15, 0.2) is 28.9 Å². The Balaban J connectivity index is 1.93. The number of nitrogens with one attached hydrogen (secondary N) is 1. The molecule has 5 heteroatoms. The fourth-order valence-electron chi connectivity index (χ4n) is 2.12. The lowest BCUT2D eigenvalue weighted by atomic mass is 10.0. The molecular formula is C12H14N4O. The van der Waals surface area contributed by atoms with Gasteiger partial charge in [0, 0.05) is 6.20 Å². The van der Waals surface area contributed by atoms with Gasteiger partial charge in [-0.25, -0.2) is 0 Å². The normalized spacial score (nSPS) is 24.1. The van der Waals surface area contributed by atoms with E-state index in [1.54, 1.807) is 6.20 Å². The minimum Gasteiger partial charge on any atom is -0.337 e. The van der Waals surface area contributed by atoms with Crippen LogP contribution in [0.5, 0.6) is 0 Å². The van der Waals surface area contributed by atoms with Gasteiger partial charge in [0.15, 0.2) is 0 Å². The summed E-state index contributed by atoms with van der Waals surface area (Å²) in [5, 5.41) is 7.39. The predicted octanol–water partition coefficient (Wildman–Crippen LogP) is 1.73. The Hall–Kier alpha value is -1.75. The van der Waals surface area contributed by atoms with Crippen LogP contribution in [0, 0.1) is 0 Å². The van der Waals surface area contributed by atoms with Crippen molar-refractivity contribution < 1.29 is 4.52 Å². The van der Waals surface area contributed by atoms with E-state index in [0.717, 1.165) is 25.1 Å². The molecule has 1 aliphatic rings. The Labute approximate surface area is 99.3 Å². The summed E-state index contributed by atoms with van der Waals surface area (Å²) >= 11 is 0. The van der Waals surface area contributed by atoms with Crippen LogP contribution in [-0.2, 0) is 5.54 Å². The maximum Gasteiger partial charge on any atom is 0.247 e. The first-order chi connectivity index (χ1) is 8.28. The average molecular weight is 230 g/mol. The van der Waals surface area contributed by atoms with Gasteiger partial charge in [-0.15, -0.1) is 0 Å². The monoisotopic (exact) mass is 230 g/mol. The molecule has 1 unspecified atom stereocenters. The molecule has 5 nitrogen and oxygen atoms in total. The SMILES string of the molecule is CC1(c2nc(-c3ccccn3)no2)CCCN1. The molecule has 88 valence electrons. The van der Waals surface area contributed by atoms with Crippen LogP contribution in [0.1, 0.15) is 25.7 Å². The zero-order chi connectivity index (χ0) is 11.7. The van der Waals surface area contributed by atoms with Crippen molar-refractivity contribution in [2.45, 2.75) is 25.3 Å². The maximum atomic E-state index is 5.34. The number of pyridine rings is 1. The second-order valence-corrected chi connectivity index (χ2v) is 4.50. The number of aromatic nitrogens is 3. The second kappa shape index (κ2) is 3.92. The minimum atomic E-state index is -0.181. The van der Waals surface area contributed by atoms with Gasteiger partial charge >= 0.3 is 0 Å². The van der Waals surface area contributed by atoms with Crippen molar-refractivity contribution in [1.82, 2.24) is 20.4 Å². The molecule has 2 aromatic rings. The summed E-state index contributed by atoms with van der Waals surface area (Å²) in [6, 6.07) is 5.65. The second-order valence-electron chi connectivity index (χ2n) is 4.50. The van der Waals surface area contributed by atoms with Crippen LogP contribution in [0.25, 0.3) is 11.5 Å². The third kappa shape index (κ3) is 1.82. The van der Waals surface area contributed by atoms with Gasteiger partial charge < -0.3 is 9.84 Å². The Bertz CT molecular complexity index is 502. The highest BCUT2D eigenvalue weighted by molar-refractivity contribution is 5.47. The van der Waals surface area contributed by atoms with E-state index in [1.807, 2.05) is 18.2 Å². The van der Waals surface area contributed by atoms with Crippen LogP contribution in [0.2, 0.25) is 0 Å². The van der Waals surface area contributed by atoms with Crippen LogP contribution < -0.4 is 5.32 Å². The van der Waals surface area contributed by atoms with Crippen LogP contribution in [0.3, 0.4) is 0 Å². The molecule has 0 spiro atoms. The van der Waals surface area contributed by atoms with Gasteiger partial charge in [-0.1, -0.05) is 11.2 Å². The first kappa shape index (κ1) is 10.4. The summed E-state index contributed by atoms with van der Waals surface area (Å²) in [6.07, 6.45) is 3.88. The quantitative estimate of drug-likeness (QED) is 0.851. The zero-order valence-corrected chi connectivity index (χ0v) is 9.68. The lowest BCUT2D eigenvalue weighted by Crippen LogP contribution is -2.33. The summed E-state index contributed by atoms with van der Waals surface area (Å²) in [5.41, 5.74) is 0.559. The summed E-state index contributed by atoms with van der Waals surface area (Å²) in [4.78, 5) is 8.64. The van der Waals surface area contributed by atoms with Gasteiger partial charge in [-0.05, 0) is 38.4 Å². The Kier molecular flexibility index (Phi) is 2.40. The number of hydrogen-bond donors (Lipinski definition) is 1.